The lowest BCUT2D eigenvalue weighted by molar-refractivity contribution is -0.123. The van der Waals surface area contributed by atoms with E-state index in [0.717, 1.165) is 30.2 Å². The molecule has 0 atom stereocenters. The molecular formula is C25H26N2O4S. The molecule has 2 aliphatic rings. The molecule has 0 radical (unpaired) electrons. The number of nitrogens with zero attached hydrogens (tertiary/aromatic N) is 1. The molecule has 6 nitrogen and oxygen atoms in total. The molecule has 166 valence electrons. The van der Waals surface area contributed by atoms with E-state index in [1.165, 1.54) is 24.2 Å². The first-order valence-electron chi connectivity index (χ1n) is 10.9. The summed E-state index contributed by atoms with van der Waals surface area (Å²) >= 11 is 0.999. The Kier molecular flexibility index (Phi) is 7.27. The largest absolute Gasteiger partial charge is 0.484 e. The minimum Gasteiger partial charge on any atom is -0.484 e. The summed E-state index contributed by atoms with van der Waals surface area (Å²) < 4.78 is 5.54. The number of imide groups is 1. The van der Waals surface area contributed by atoms with E-state index in [1.54, 1.807) is 30.3 Å². The Morgan fingerprint density at radius 2 is 1.75 bits per heavy atom. The Hall–Kier alpha value is -3.06. The fraction of sp³-hybridized carbons (Fsp3) is 0.320. The van der Waals surface area contributed by atoms with Crippen LogP contribution in [0.1, 0.15) is 37.7 Å². The van der Waals surface area contributed by atoms with Gasteiger partial charge >= 0.3 is 0 Å². The normalized spacial score (nSPS) is 18.2. The second-order valence-corrected chi connectivity index (χ2v) is 9.06. The van der Waals surface area contributed by atoms with E-state index in [9.17, 15) is 14.4 Å². The molecule has 32 heavy (non-hydrogen) atoms. The molecule has 1 saturated heterocycles. The Morgan fingerprint density at radius 3 is 2.47 bits per heavy atom. The molecule has 0 unspecified atom stereocenters. The number of carbonyl (C=O) groups excluding carboxylic acids is 3. The fourth-order valence-electron chi connectivity index (χ4n) is 3.96. The van der Waals surface area contributed by atoms with E-state index in [-0.39, 0.29) is 23.7 Å². The van der Waals surface area contributed by atoms with Gasteiger partial charge in [0.2, 0.25) is 0 Å². The average molecular weight is 451 g/mol. The third-order valence-electron chi connectivity index (χ3n) is 5.64. The van der Waals surface area contributed by atoms with Crippen LogP contribution in [0.5, 0.6) is 5.75 Å². The van der Waals surface area contributed by atoms with Gasteiger partial charge in [0.1, 0.15) is 5.75 Å². The monoisotopic (exact) mass is 450 g/mol. The van der Waals surface area contributed by atoms with Crippen molar-refractivity contribution in [2.75, 3.05) is 18.5 Å². The first-order valence-corrected chi connectivity index (χ1v) is 11.7. The molecule has 1 aliphatic heterocycles. The molecular weight excluding hydrogens is 424 g/mol. The molecule has 4 rings (SSSR count). The van der Waals surface area contributed by atoms with E-state index in [1.807, 2.05) is 30.3 Å². The van der Waals surface area contributed by atoms with Crippen molar-refractivity contribution in [3.8, 4) is 5.75 Å². The number of hydrogen-bond acceptors (Lipinski definition) is 5. The predicted octanol–water partition coefficient (Wildman–Crippen LogP) is 5.32. The minimum absolute atomic E-state index is 0.103. The summed E-state index contributed by atoms with van der Waals surface area (Å²) in [6.07, 6.45) is 7.52. The lowest BCUT2D eigenvalue weighted by atomic mass is 9.89. The summed E-state index contributed by atoms with van der Waals surface area (Å²) in [6.45, 7) is 0.425. The molecule has 0 aromatic heterocycles. The van der Waals surface area contributed by atoms with Gasteiger partial charge in [-0.25, -0.2) is 0 Å². The molecule has 2 aromatic rings. The van der Waals surface area contributed by atoms with E-state index < -0.39 is 0 Å². The zero-order valence-electron chi connectivity index (χ0n) is 17.8. The predicted molar refractivity (Wildman–Crippen MR) is 126 cm³/mol. The molecule has 1 saturated carbocycles. The molecule has 0 spiro atoms. The molecule has 7 heteroatoms. The third kappa shape index (κ3) is 5.79. The van der Waals surface area contributed by atoms with Crippen LogP contribution < -0.4 is 10.1 Å². The second-order valence-electron chi connectivity index (χ2n) is 8.07. The summed E-state index contributed by atoms with van der Waals surface area (Å²) in [5.41, 5.74) is 1.52. The van der Waals surface area contributed by atoms with Crippen LogP contribution >= 0.6 is 11.8 Å². The lowest BCUT2D eigenvalue weighted by Crippen LogP contribution is -2.34. The van der Waals surface area contributed by atoms with Crippen LogP contribution in [0.3, 0.4) is 0 Å². The van der Waals surface area contributed by atoms with Gasteiger partial charge in [-0.1, -0.05) is 49.6 Å². The van der Waals surface area contributed by atoms with Gasteiger partial charge in [-0.15, -0.1) is 0 Å². The summed E-state index contributed by atoms with van der Waals surface area (Å²) in [5.74, 6) is 0.526. The standard InChI is InChI=1S/C25H26N2O4S/c28-23(26-20-9-5-2-6-10-20)17-31-21-13-11-18(12-14-21)15-22-24(29)27(25(30)32-22)16-19-7-3-1-4-8-19/h2,5-6,9-15,19H,1,3-4,7-8,16-17H2,(H,26,28)/b22-15+. The van der Waals surface area contributed by atoms with Gasteiger partial charge in [0.15, 0.2) is 6.61 Å². The Bertz CT molecular complexity index is 998. The third-order valence-corrected chi connectivity index (χ3v) is 6.55. The van der Waals surface area contributed by atoms with Crippen molar-refractivity contribution in [3.05, 3.63) is 65.1 Å². The maximum absolute atomic E-state index is 12.7. The smallest absolute Gasteiger partial charge is 0.293 e. The molecule has 3 amide bonds. The van der Waals surface area contributed by atoms with Crippen molar-refractivity contribution in [3.63, 3.8) is 0 Å². The zero-order valence-corrected chi connectivity index (χ0v) is 18.6. The van der Waals surface area contributed by atoms with Gasteiger partial charge < -0.3 is 10.1 Å². The van der Waals surface area contributed by atoms with E-state index in [4.69, 9.17) is 4.74 Å². The topological polar surface area (TPSA) is 75.7 Å². The van der Waals surface area contributed by atoms with Gasteiger partial charge in [-0.2, -0.15) is 0 Å². The Balaban J connectivity index is 1.31. The van der Waals surface area contributed by atoms with Gasteiger partial charge in [-0.3, -0.25) is 19.3 Å². The number of amides is 3. The van der Waals surface area contributed by atoms with Gasteiger partial charge in [-0.05, 0) is 66.4 Å². The first kappa shape index (κ1) is 22.1. The average Bonchev–Trinajstić information content (AvgIpc) is 3.07. The zero-order chi connectivity index (χ0) is 22.3. The van der Waals surface area contributed by atoms with Gasteiger partial charge in [0, 0.05) is 12.2 Å². The number of carbonyl (C=O) groups is 3. The van der Waals surface area contributed by atoms with Gasteiger partial charge in [0.05, 0.1) is 4.91 Å². The molecule has 1 aliphatic carbocycles. The lowest BCUT2D eigenvalue weighted by Gasteiger charge is -2.25. The number of hydrogen-bond donors (Lipinski definition) is 1. The summed E-state index contributed by atoms with van der Waals surface area (Å²) in [6, 6.07) is 16.3. The summed E-state index contributed by atoms with van der Waals surface area (Å²) in [4.78, 5) is 38.9. The fourth-order valence-corrected chi connectivity index (χ4v) is 4.81. The van der Waals surface area contributed by atoms with Crippen molar-refractivity contribution in [2.45, 2.75) is 32.1 Å². The quantitative estimate of drug-likeness (QED) is 0.578. The van der Waals surface area contributed by atoms with Crippen LogP contribution in [0.4, 0.5) is 10.5 Å². The Morgan fingerprint density at radius 1 is 1.03 bits per heavy atom. The first-order chi connectivity index (χ1) is 15.6. The molecule has 0 bridgehead atoms. The number of thioether (sulfide) groups is 1. The van der Waals surface area contributed by atoms with Crippen molar-refractivity contribution in [2.24, 2.45) is 5.92 Å². The SMILES string of the molecule is O=C(COc1ccc(/C=C2/SC(=O)N(CC3CCCCC3)C2=O)cc1)Nc1ccccc1. The van der Waals surface area contributed by atoms with Crippen molar-refractivity contribution in [1.82, 2.24) is 4.90 Å². The molecule has 1 heterocycles. The van der Waals surface area contributed by atoms with Crippen molar-refractivity contribution >= 4 is 40.6 Å². The molecule has 2 fully saturated rings. The number of rotatable bonds is 7. The van der Waals surface area contributed by atoms with Crippen LogP contribution in [0.15, 0.2) is 59.5 Å². The summed E-state index contributed by atoms with van der Waals surface area (Å²) in [7, 11) is 0. The number of benzene rings is 2. The molecule has 2 aromatic carbocycles. The maximum Gasteiger partial charge on any atom is 0.293 e. The van der Waals surface area contributed by atoms with Crippen LogP contribution in [0, 0.1) is 5.92 Å². The van der Waals surface area contributed by atoms with E-state index in [0.29, 0.717) is 28.8 Å². The van der Waals surface area contributed by atoms with Crippen LogP contribution in [0.25, 0.3) is 6.08 Å². The highest BCUT2D eigenvalue weighted by Gasteiger charge is 2.36. The van der Waals surface area contributed by atoms with Crippen molar-refractivity contribution < 1.29 is 19.1 Å². The number of nitrogens with one attached hydrogen (secondary N) is 1. The van der Waals surface area contributed by atoms with E-state index >= 15 is 0 Å². The van der Waals surface area contributed by atoms with Gasteiger partial charge in [0.25, 0.3) is 17.1 Å². The van der Waals surface area contributed by atoms with Crippen LogP contribution in [0.2, 0.25) is 0 Å². The minimum atomic E-state index is -0.244. The highest BCUT2D eigenvalue weighted by molar-refractivity contribution is 8.18. The number of ether oxygens (including phenoxy) is 1. The van der Waals surface area contributed by atoms with Crippen molar-refractivity contribution in [1.29, 1.82) is 0 Å². The number of anilines is 1. The summed E-state index contributed by atoms with van der Waals surface area (Å²) in [5, 5.41) is 2.58. The number of para-hydroxylation sites is 1. The molecule has 1 N–H and O–H groups in total. The highest BCUT2D eigenvalue weighted by Crippen LogP contribution is 2.35. The highest BCUT2D eigenvalue weighted by atomic mass is 32.2. The van der Waals surface area contributed by atoms with Crippen LogP contribution in [-0.2, 0) is 9.59 Å². The van der Waals surface area contributed by atoms with Crippen LogP contribution in [-0.4, -0.2) is 35.1 Å². The maximum atomic E-state index is 12.7. The second kappa shape index (κ2) is 10.5. The van der Waals surface area contributed by atoms with E-state index in [2.05, 4.69) is 5.32 Å². The Labute approximate surface area is 192 Å².